The summed E-state index contributed by atoms with van der Waals surface area (Å²) in [6, 6.07) is 52.4. The van der Waals surface area contributed by atoms with E-state index in [0.29, 0.717) is 101 Å². The number of azide groups is 1. The van der Waals surface area contributed by atoms with Crippen molar-refractivity contribution in [3.05, 3.63) is 221 Å². The van der Waals surface area contributed by atoms with Crippen molar-refractivity contribution in [1.29, 1.82) is 0 Å². The van der Waals surface area contributed by atoms with Crippen LogP contribution < -0.4 is 168 Å². The average molecular weight is 2060 g/mol. The SMILES string of the molecule is CCS(=O)(=O)c1ccc(C)cc1.COC(=O)C[C@H](CC(=O)CNC(=O)CCCN(C(=O)OC(C)(C)C)c1cc(C)ccn1)c1cccc(-c2ccc(O)c3ccccc23)c1.COC(=O)C[C@H](CC(=O)CNC(=O)CCCN(C(=O)OC(C)(C)C)c1cc(C)ccn1)c1cccc(-c2ccc(OCCOCCOCCOCCOCCN=[N+]=[N-])c3ccccc23)c1.O=CO[O-].[Cs+].[Cs+].[H-]. The molecule has 35 heteroatoms. The van der Waals surface area contributed by atoms with E-state index in [1.54, 1.807) is 91.2 Å². The van der Waals surface area contributed by atoms with Gasteiger partial charge in [-0.05, 0) is 184 Å². The Morgan fingerprint density at radius 1 is 0.534 bits per heavy atom. The third-order valence-electron chi connectivity index (χ3n) is 19.3. The van der Waals surface area contributed by atoms with Gasteiger partial charge in [0.2, 0.25) is 11.8 Å². The van der Waals surface area contributed by atoms with E-state index in [1.165, 1.54) is 24.0 Å². The number of carbonyl (C=O) groups is 9. The molecule has 0 unspecified atom stereocenters. The van der Waals surface area contributed by atoms with Crippen LogP contribution in [0.5, 0.6) is 11.5 Å². The first-order valence-electron chi connectivity index (χ1n) is 42.2. The van der Waals surface area contributed by atoms with Crippen LogP contribution in [-0.2, 0) is 86.2 Å². The minimum atomic E-state index is -3.01. The van der Waals surface area contributed by atoms with Gasteiger partial charge in [0.15, 0.2) is 21.4 Å². The molecule has 0 bridgehead atoms. The number of phenolic OH excluding ortho intramolecular Hbond substituents is 1. The molecule has 2 aromatic heterocycles. The van der Waals surface area contributed by atoms with Gasteiger partial charge >= 0.3 is 162 Å². The number of hydrogen-bond acceptors (Lipinski definition) is 26. The second-order valence-corrected chi connectivity index (χ2v) is 33.9. The molecule has 0 saturated heterocycles. The first-order valence-corrected chi connectivity index (χ1v) is 43.8. The molecule has 0 saturated carbocycles. The van der Waals surface area contributed by atoms with Crippen molar-refractivity contribution in [2.75, 3.05) is 122 Å². The maximum absolute atomic E-state index is 13.4. The molecule has 2 atom stereocenters. The molecule has 4 amide bonds. The smallest absolute Gasteiger partial charge is 1.00 e. The second-order valence-electron chi connectivity index (χ2n) is 31.6. The topological polar surface area (TPSA) is 428 Å². The summed E-state index contributed by atoms with van der Waals surface area (Å²) in [7, 11) is -0.399. The summed E-state index contributed by atoms with van der Waals surface area (Å²) in [5.41, 5.74) is 14.9. The predicted molar refractivity (Wildman–Crippen MR) is 488 cm³/mol. The zero-order chi connectivity index (χ0) is 94.3. The van der Waals surface area contributed by atoms with Gasteiger partial charge in [-0.2, -0.15) is 0 Å². The normalized spacial score (nSPS) is 11.3. The number of ether oxygens (including phenoxy) is 9. The predicted octanol–water partition coefficient (Wildman–Crippen LogP) is 9.11. The van der Waals surface area contributed by atoms with Crippen molar-refractivity contribution < 1.29 is 249 Å². The molecular weight excluding hydrogens is 1940 g/mol. The number of aryl methyl sites for hydroxylation is 3. The van der Waals surface area contributed by atoms with E-state index in [1.807, 2.05) is 160 Å². The molecule has 0 spiro atoms. The van der Waals surface area contributed by atoms with Crippen LogP contribution in [0.1, 0.15) is 141 Å². The number of methoxy groups -OCH3 is 2. The van der Waals surface area contributed by atoms with Crippen LogP contribution >= 0.6 is 0 Å². The number of phenols is 1. The number of aromatic hydroxyl groups is 1. The number of fused-ring (bicyclic) bond motifs is 2. The molecular formula is C96H119Cs2N9O23S. The van der Waals surface area contributed by atoms with Crippen LogP contribution in [0.2, 0.25) is 0 Å². The number of ketones is 2. The number of nitrogens with one attached hydrogen (secondary N) is 2. The zero-order valence-electron chi connectivity index (χ0n) is 78.3. The van der Waals surface area contributed by atoms with Crippen molar-refractivity contribution >= 4 is 97.0 Å². The minimum absolute atomic E-state index is 0. The van der Waals surface area contributed by atoms with E-state index in [4.69, 9.17) is 58.2 Å². The van der Waals surface area contributed by atoms with Gasteiger partial charge in [-0.1, -0.05) is 139 Å². The number of anilines is 2. The first-order chi connectivity index (χ1) is 61.7. The molecule has 0 aliphatic heterocycles. The Kier molecular flexibility index (Phi) is 53.6. The molecule has 9 aromatic rings. The Bertz CT molecular complexity index is 5330. The molecule has 0 aliphatic rings. The summed E-state index contributed by atoms with van der Waals surface area (Å²) >= 11 is 0. The summed E-state index contributed by atoms with van der Waals surface area (Å²) in [4.78, 5) is 129. The number of hydrogen-bond donors (Lipinski definition) is 3. The molecule has 131 heavy (non-hydrogen) atoms. The zero-order valence-corrected chi connectivity index (χ0v) is 90.7. The second kappa shape index (κ2) is 61.3. The van der Waals surface area contributed by atoms with Crippen LogP contribution in [0.15, 0.2) is 192 Å². The molecule has 3 N–H and O–H groups in total. The maximum atomic E-state index is 13.4. The molecule has 9 rings (SSSR count). The van der Waals surface area contributed by atoms with E-state index >= 15 is 0 Å². The fourth-order valence-corrected chi connectivity index (χ4v) is 13.8. The van der Waals surface area contributed by atoms with E-state index in [2.05, 4.69) is 35.5 Å². The molecule has 2 heterocycles. The van der Waals surface area contributed by atoms with E-state index in [-0.39, 0.29) is 245 Å². The summed E-state index contributed by atoms with van der Waals surface area (Å²) < 4.78 is 71.8. The first kappa shape index (κ1) is 115. The Morgan fingerprint density at radius 2 is 0.947 bits per heavy atom. The van der Waals surface area contributed by atoms with Crippen LogP contribution in [0, 0.1) is 20.8 Å². The van der Waals surface area contributed by atoms with Gasteiger partial charge in [-0.15, -0.1) is 0 Å². The van der Waals surface area contributed by atoms with E-state index in [0.717, 1.165) is 71.6 Å². The number of carbonyl (C=O) groups excluding carboxylic acids is 9. The van der Waals surface area contributed by atoms with Crippen molar-refractivity contribution in [2.24, 2.45) is 5.11 Å². The summed E-state index contributed by atoms with van der Waals surface area (Å²) in [5, 5.41) is 31.0. The fourth-order valence-electron chi connectivity index (χ4n) is 13.0. The fraction of sp³-hybridized carbons (Fsp3) is 0.406. The number of benzene rings is 7. The van der Waals surface area contributed by atoms with Crippen molar-refractivity contribution in [1.82, 2.24) is 20.6 Å². The average Bonchev–Trinajstić information content (AvgIpc) is 0.786. The van der Waals surface area contributed by atoms with Crippen LogP contribution in [-0.4, -0.2) is 201 Å². The summed E-state index contributed by atoms with van der Waals surface area (Å²) in [5.74, 6) is -1.14. The van der Waals surface area contributed by atoms with Crippen molar-refractivity contribution in [2.45, 2.75) is 149 Å². The van der Waals surface area contributed by atoms with Gasteiger partial charge < -0.3 is 69.9 Å². The minimum Gasteiger partial charge on any atom is -1.00 e. The molecule has 7 aromatic carbocycles. The number of aromatic nitrogens is 2. The van der Waals surface area contributed by atoms with Crippen LogP contribution in [0.3, 0.4) is 0 Å². The Hall–Kier alpha value is -8.65. The molecule has 0 aliphatic carbocycles. The van der Waals surface area contributed by atoms with Gasteiger partial charge in [-0.25, -0.2) is 28.0 Å². The van der Waals surface area contributed by atoms with Gasteiger partial charge in [0.05, 0.1) is 104 Å². The third kappa shape index (κ3) is 42.6. The molecule has 694 valence electrons. The number of pyridine rings is 2. The van der Waals surface area contributed by atoms with Crippen LogP contribution in [0.25, 0.3) is 54.2 Å². The number of amides is 4. The number of esters is 2. The monoisotopic (exact) mass is 2060 g/mol. The standard InChI is InChI=1S/C48H62N6O11.C38H43N3O7.C9H12O2S.CH2O3.2Cs.H/c1-35-17-18-50-44(30-35)54(47(58)65-48(2,3)4)20-9-14-45(56)51-34-39(55)32-38(33-46(57)59-5)36-10-8-11-37(31-36)40-15-16-43(42-13-7-6-12-41(40)42)64-29-28-63-27-26-62-25-24-61-23-22-60-21-19-52-53-49;1-25-17-18-39-34(20-25)41(37(46)48-38(2,3)4)19-9-14-35(44)40-24-29(42)22-28(23-36(45)47-5)26-10-8-11-27(21-26)30-15-16-33(43)32-13-7-6-12-31(30)32;1-3-12(10,11)9-6-4-8(2)5-7-9;2-1-4-3;;;/h6-8,10-13,15-18,30-31,38H,9,14,19-29,32-34H2,1-5H3,(H,51,56);6-8,10-13,15-18,20-21,28,43H,9,14,19,22-24H2,1-5H3,(H,40,44);4-7H,3H2,1-2H3;1,3H;;;/q;;;;2*+1;-1/p-1/t38-;28-;;;;;/m00...../s1. The number of nitrogens with zero attached hydrogens (tertiary/aromatic N) is 7. The van der Waals surface area contributed by atoms with Gasteiger partial charge in [0.25, 0.3) is 6.47 Å². The van der Waals surface area contributed by atoms with Crippen molar-refractivity contribution in [3.63, 3.8) is 0 Å². The molecule has 0 radical (unpaired) electrons. The van der Waals surface area contributed by atoms with Gasteiger partial charge in [0.1, 0.15) is 40.9 Å². The summed E-state index contributed by atoms with van der Waals surface area (Å²) in [6.45, 7) is 21.7. The number of rotatable bonds is 45. The van der Waals surface area contributed by atoms with E-state index < -0.39 is 57.0 Å². The van der Waals surface area contributed by atoms with Crippen LogP contribution in [0.4, 0.5) is 21.2 Å². The quantitative estimate of drug-likeness (QED) is 0.00368. The maximum Gasteiger partial charge on any atom is 1.00 e. The largest absolute Gasteiger partial charge is 1.00 e. The Morgan fingerprint density at radius 3 is 1.36 bits per heavy atom. The number of sulfone groups is 1. The summed E-state index contributed by atoms with van der Waals surface area (Å²) in [6.07, 6.45) is 2.83. The van der Waals surface area contributed by atoms with Gasteiger partial charge in [-0.3, -0.25) is 43.4 Å². The molecule has 32 nitrogen and oxygen atoms in total. The Labute approximate surface area is 885 Å². The van der Waals surface area contributed by atoms with E-state index in [9.17, 15) is 51.9 Å². The molecule has 0 fully saturated rings. The number of Topliss-reactive ketones (excluding diaryl/α,β-unsaturated/α-hetero) is 2. The van der Waals surface area contributed by atoms with Gasteiger partial charge in [0, 0.05) is 85.2 Å². The third-order valence-corrected chi connectivity index (χ3v) is 21.0. The Balaban J connectivity index is 0.000000585. The van der Waals surface area contributed by atoms with Crippen molar-refractivity contribution in [3.8, 4) is 33.8 Å².